The van der Waals surface area contributed by atoms with E-state index in [2.05, 4.69) is 30.5 Å². The van der Waals surface area contributed by atoms with E-state index in [-0.39, 0.29) is 0 Å². The maximum atomic E-state index is 10.8. The molecule has 0 bridgehead atoms. The van der Waals surface area contributed by atoms with Crippen molar-refractivity contribution >= 4 is 6.29 Å². The van der Waals surface area contributed by atoms with Crippen LogP contribution < -0.4 is 5.32 Å². The molecule has 0 saturated heterocycles. The van der Waals surface area contributed by atoms with Crippen LogP contribution in [0.25, 0.3) is 0 Å². The summed E-state index contributed by atoms with van der Waals surface area (Å²) in [5, 5.41) is 3.12. The van der Waals surface area contributed by atoms with Crippen molar-refractivity contribution in [2.75, 3.05) is 6.54 Å². The van der Waals surface area contributed by atoms with E-state index >= 15 is 0 Å². The minimum absolute atomic E-state index is 0.629. The van der Waals surface area contributed by atoms with Gasteiger partial charge in [0.2, 0.25) is 0 Å². The van der Waals surface area contributed by atoms with Gasteiger partial charge in [-0.2, -0.15) is 0 Å². The number of aldehydes is 1. The van der Waals surface area contributed by atoms with Crippen LogP contribution in [0.3, 0.4) is 0 Å². The molecule has 16 heavy (non-hydrogen) atoms. The van der Waals surface area contributed by atoms with Gasteiger partial charge in [0.15, 0.2) is 6.29 Å². The van der Waals surface area contributed by atoms with Gasteiger partial charge >= 0.3 is 0 Å². The van der Waals surface area contributed by atoms with Gasteiger partial charge in [0.1, 0.15) is 0 Å². The van der Waals surface area contributed by atoms with Crippen LogP contribution in [0.1, 0.15) is 26.2 Å². The third-order valence-electron chi connectivity index (χ3n) is 2.34. The fourth-order valence-electron chi connectivity index (χ4n) is 1.45. The van der Waals surface area contributed by atoms with Crippen molar-refractivity contribution in [1.82, 2.24) is 5.32 Å². The summed E-state index contributed by atoms with van der Waals surface area (Å²) < 4.78 is 0. The Balaban J connectivity index is 2.42. The van der Waals surface area contributed by atoms with Crippen LogP contribution in [-0.2, 0) is 4.79 Å². The first-order valence-electron chi connectivity index (χ1n) is 5.78. The van der Waals surface area contributed by atoms with E-state index in [1.807, 2.05) is 18.2 Å². The summed E-state index contributed by atoms with van der Waals surface area (Å²) in [7, 11) is 0. The molecule has 0 saturated carbocycles. The zero-order chi connectivity index (χ0) is 11.6. The molecule has 0 amide bonds. The van der Waals surface area contributed by atoms with Crippen LogP contribution in [0.2, 0.25) is 0 Å². The molecule has 1 N–H and O–H groups in total. The summed E-state index contributed by atoms with van der Waals surface area (Å²) in [6, 6.07) is 0. The SMILES string of the molecule is CC/C=C/C=C(/C=O)NCC1=CCCC=C1. The normalized spacial score (nSPS) is 16.3. The van der Waals surface area contributed by atoms with Gasteiger partial charge in [-0.3, -0.25) is 4.79 Å². The van der Waals surface area contributed by atoms with Crippen molar-refractivity contribution in [2.24, 2.45) is 0 Å². The maximum absolute atomic E-state index is 10.8. The lowest BCUT2D eigenvalue weighted by molar-refractivity contribution is -0.105. The monoisotopic (exact) mass is 217 g/mol. The Labute approximate surface area is 97.4 Å². The van der Waals surface area contributed by atoms with Crippen LogP contribution in [0.4, 0.5) is 0 Å². The van der Waals surface area contributed by atoms with Gasteiger partial charge in [-0.1, -0.05) is 37.3 Å². The van der Waals surface area contributed by atoms with E-state index in [1.165, 1.54) is 5.57 Å². The maximum Gasteiger partial charge on any atom is 0.165 e. The Hall–Kier alpha value is -1.57. The third kappa shape index (κ3) is 4.78. The number of hydrogen-bond acceptors (Lipinski definition) is 2. The van der Waals surface area contributed by atoms with E-state index in [4.69, 9.17) is 0 Å². The second-order valence-electron chi connectivity index (χ2n) is 3.69. The summed E-state index contributed by atoms with van der Waals surface area (Å²) in [4.78, 5) is 10.8. The Bertz CT molecular complexity index is 335. The molecule has 1 rings (SSSR count). The molecular formula is C14H19NO. The van der Waals surface area contributed by atoms with E-state index < -0.39 is 0 Å². The van der Waals surface area contributed by atoms with Crippen LogP contribution in [-0.4, -0.2) is 12.8 Å². The van der Waals surface area contributed by atoms with Crippen LogP contribution in [0.15, 0.2) is 47.7 Å². The highest BCUT2D eigenvalue weighted by Crippen LogP contribution is 2.08. The van der Waals surface area contributed by atoms with E-state index in [0.29, 0.717) is 5.70 Å². The molecule has 0 radical (unpaired) electrons. The number of nitrogens with one attached hydrogen (secondary N) is 1. The van der Waals surface area contributed by atoms with Crippen molar-refractivity contribution in [3.63, 3.8) is 0 Å². The molecule has 0 atom stereocenters. The van der Waals surface area contributed by atoms with Crippen LogP contribution >= 0.6 is 0 Å². The molecule has 0 unspecified atom stereocenters. The number of hydrogen-bond donors (Lipinski definition) is 1. The highest BCUT2D eigenvalue weighted by Gasteiger charge is 1.98. The molecule has 0 aromatic heterocycles. The lowest BCUT2D eigenvalue weighted by atomic mass is 10.1. The largest absolute Gasteiger partial charge is 0.378 e. The van der Waals surface area contributed by atoms with Gasteiger partial charge in [-0.05, 0) is 30.9 Å². The summed E-state index contributed by atoms with van der Waals surface area (Å²) in [5.74, 6) is 0. The van der Waals surface area contributed by atoms with Crippen molar-refractivity contribution in [2.45, 2.75) is 26.2 Å². The number of allylic oxidation sites excluding steroid dienone is 6. The van der Waals surface area contributed by atoms with Gasteiger partial charge in [0.25, 0.3) is 0 Å². The number of carbonyl (C=O) groups excluding carboxylic acids is 1. The minimum atomic E-state index is 0.629. The summed E-state index contributed by atoms with van der Waals surface area (Å²) >= 11 is 0. The molecule has 86 valence electrons. The molecule has 2 heteroatoms. The van der Waals surface area contributed by atoms with Crippen LogP contribution in [0, 0.1) is 0 Å². The summed E-state index contributed by atoms with van der Waals surface area (Å²) in [5.41, 5.74) is 1.88. The summed E-state index contributed by atoms with van der Waals surface area (Å²) in [6.07, 6.45) is 16.3. The molecule has 0 heterocycles. The Morgan fingerprint density at radius 3 is 3.00 bits per heavy atom. The molecule has 2 nitrogen and oxygen atoms in total. The van der Waals surface area contributed by atoms with Crippen molar-refractivity contribution < 1.29 is 4.79 Å². The molecule has 1 aliphatic rings. The van der Waals surface area contributed by atoms with Crippen molar-refractivity contribution in [3.05, 3.63) is 47.7 Å². The fourth-order valence-corrected chi connectivity index (χ4v) is 1.45. The second kappa shape index (κ2) is 7.69. The van der Waals surface area contributed by atoms with Gasteiger partial charge in [0, 0.05) is 6.54 Å². The van der Waals surface area contributed by atoms with Crippen molar-refractivity contribution in [3.8, 4) is 0 Å². The number of carbonyl (C=O) groups is 1. The van der Waals surface area contributed by atoms with Gasteiger partial charge in [-0.15, -0.1) is 0 Å². The summed E-state index contributed by atoms with van der Waals surface area (Å²) in [6.45, 7) is 2.79. The fraction of sp³-hybridized carbons (Fsp3) is 0.357. The first kappa shape index (κ1) is 12.5. The highest BCUT2D eigenvalue weighted by atomic mass is 16.1. The van der Waals surface area contributed by atoms with E-state index in [9.17, 15) is 4.79 Å². The Morgan fingerprint density at radius 2 is 2.38 bits per heavy atom. The second-order valence-corrected chi connectivity index (χ2v) is 3.69. The first-order valence-corrected chi connectivity index (χ1v) is 5.78. The predicted molar refractivity (Wildman–Crippen MR) is 68.0 cm³/mol. The van der Waals surface area contributed by atoms with Crippen molar-refractivity contribution in [1.29, 1.82) is 0 Å². The average Bonchev–Trinajstić information content (AvgIpc) is 2.35. The third-order valence-corrected chi connectivity index (χ3v) is 2.34. The molecule has 0 aromatic rings. The minimum Gasteiger partial charge on any atom is -0.378 e. The Morgan fingerprint density at radius 1 is 1.50 bits per heavy atom. The standard InChI is InChI=1S/C14H19NO/c1-2-3-5-10-14(12-16)15-11-13-8-6-4-7-9-13/h3,5-6,8-10,12,15H,2,4,7,11H2,1H3/b5-3+,14-10-. The number of rotatable bonds is 6. The molecular weight excluding hydrogens is 198 g/mol. The zero-order valence-electron chi connectivity index (χ0n) is 9.78. The van der Waals surface area contributed by atoms with Gasteiger partial charge < -0.3 is 5.32 Å². The lowest BCUT2D eigenvalue weighted by Gasteiger charge is -2.08. The predicted octanol–water partition coefficient (Wildman–Crippen LogP) is 2.90. The van der Waals surface area contributed by atoms with E-state index in [0.717, 1.165) is 32.1 Å². The highest BCUT2D eigenvalue weighted by molar-refractivity contribution is 5.72. The molecule has 0 aliphatic heterocycles. The zero-order valence-corrected chi connectivity index (χ0v) is 9.78. The van der Waals surface area contributed by atoms with Crippen LogP contribution in [0.5, 0.6) is 0 Å². The Kier molecular flexibility index (Phi) is 6.00. The van der Waals surface area contributed by atoms with Gasteiger partial charge in [-0.25, -0.2) is 0 Å². The smallest absolute Gasteiger partial charge is 0.165 e. The molecule has 0 spiro atoms. The molecule has 1 aliphatic carbocycles. The average molecular weight is 217 g/mol. The first-order chi connectivity index (χ1) is 7.86. The molecule has 0 fully saturated rings. The van der Waals surface area contributed by atoms with E-state index in [1.54, 1.807) is 0 Å². The quantitative estimate of drug-likeness (QED) is 0.421. The lowest BCUT2D eigenvalue weighted by Crippen LogP contribution is -2.17. The molecule has 0 aromatic carbocycles. The van der Waals surface area contributed by atoms with Gasteiger partial charge in [0.05, 0.1) is 5.70 Å². The topological polar surface area (TPSA) is 29.1 Å².